The Bertz CT molecular complexity index is 746. The largest absolute Gasteiger partial charge is 0.421 e. The van der Waals surface area contributed by atoms with Gasteiger partial charge < -0.3 is 9.73 Å². The first-order chi connectivity index (χ1) is 9.84. The first kappa shape index (κ1) is 12.6. The fourth-order valence-corrected chi connectivity index (χ4v) is 2.12. The van der Waals surface area contributed by atoms with Gasteiger partial charge in [-0.05, 0) is 17.7 Å². The molecule has 0 bridgehead atoms. The number of oxazole rings is 1. The minimum Gasteiger partial charge on any atom is -0.406 e. The zero-order chi connectivity index (χ0) is 13.8. The lowest BCUT2D eigenvalue weighted by Gasteiger charge is -2.05. The molecule has 1 N–H and O–H groups in total. The summed E-state index contributed by atoms with van der Waals surface area (Å²) in [6.45, 7) is 1.99. The molecule has 0 saturated heterocycles. The molecule has 5 heteroatoms. The van der Waals surface area contributed by atoms with E-state index < -0.39 is 0 Å². The summed E-state index contributed by atoms with van der Waals surface area (Å²) in [6.07, 6.45) is 1.66. The molecule has 102 valence electrons. The lowest BCUT2D eigenvalue weighted by Crippen LogP contribution is -2.24. The second-order valence-corrected chi connectivity index (χ2v) is 4.51. The van der Waals surface area contributed by atoms with Crippen molar-refractivity contribution in [1.82, 2.24) is 14.9 Å². The van der Waals surface area contributed by atoms with Crippen LogP contribution in [0.25, 0.3) is 11.2 Å². The zero-order valence-corrected chi connectivity index (χ0v) is 11.0. The molecule has 0 fully saturated rings. The van der Waals surface area contributed by atoms with Crippen LogP contribution < -0.4 is 11.1 Å². The topological polar surface area (TPSA) is 60.1 Å². The molecule has 2 aromatic heterocycles. The Labute approximate surface area is 115 Å². The van der Waals surface area contributed by atoms with E-state index in [4.69, 9.17) is 4.42 Å². The molecule has 3 rings (SSSR count). The first-order valence-electron chi connectivity index (χ1n) is 6.53. The molecule has 0 atom stereocenters. The molecular formula is C15H15N3O2. The van der Waals surface area contributed by atoms with Gasteiger partial charge in [-0.2, -0.15) is 0 Å². The first-order valence-corrected chi connectivity index (χ1v) is 6.53. The average molecular weight is 269 g/mol. The second-order valence-electron chi connectivity index (χ2n) is 4.51. The van der Waals surface area contributed by atoms with Crippen molar-refractivity contribution in [2.75, 3.05) is 6.54 Å². The van der Waals surface area contributed by atoms with Crippen LogP contribution in [0.15, 0.2) is 57.9 Å². The van der Waals surface area contributed by atoms with Crippen LogP contribution in [-0.2, 0) is 13.1 Å². The zero-order valence-electron chi connectivity index (χ0n) is 11.0. The molecule has 3 aromatic rings. The van der Waals surface area contributed by atoms with Gasteiger partial charge in [0.2, 0.25) is 0 Å². The number of pyridine rings is 1. The molecule has 0 spiro atoms. The third-order valence-electron chi connectivity index (χ3n) is 3.11. The highest BCUT2D eigenvalue weighted by Crippen LogP contribution is 2.07. The Morgan fingerprint density at radius 2 is 2.00 bits per heavy atom. The number of aromatic nitrogens is 2. The Hall–Kier alpha value is -2.40. The van der Waals surface area contributed by atoms with Crippen LogP contribution in [0.4, 0.5) is 0 Å². The third kappa shape index (κ3) is 2.62. The van der Waals surface area contributed by atoms with Gasteiger partial charge in [0, 0.05) is 25.8 Å². The van der Waals surface area contributed by atoms with Crippen molar-refractivity contribution in [1.29, 1.82) is 0 Å². The smallest absolute Gasteiger partial charge is 0.406 e. The van der Waals surface area contributed by atoms with Crippen LogP contribution >= 0.6 is 0 Å². The number of fused-ring (bicyclic) bond motifs is 1. The van der Waals surface area contributed by atoms with E-state index in [0.29, 0.717) is 24.3 Å². The van der Waals surface area contributed by atoms with Crippen molar-refractivity contribution in [2.24, 2.45) is 0 Å². The summed E-state index contributed by atoms with van der Waals surface area (Å²) in [6, 6.07) is 13.6. The Kier molecular flexibility index (Phi) is 3.60. The fraction of sp³-hybridized carbons (Fsp3) is 0.200. The molecule has 0 unspecified atom stereocenters. The van der Waals surface area contributed by atoms with E-state index in [0.717, 1.165) is 6.54 Å². The molecule has 0 radical (unpaired) electrons. The van der Waals surface area contributed by atoms with Crippen molar-refractivity contribution in [3.8, 4) is 0 Å². The van der Waals surface area contributed by atoms with Gasteiger partial charge in [0.1, 0.15) is 0 Å². The van der Waals surface area contributed by atoms with Crippen molar-refractivity contribution < 1.29 is 4.42 Å². The molecule has 20 heavy (non-hydrogen) atoms. The average Bonchev–Trinajstić information content (AvgIpc) is 2.80. The van der Waals surface area contributed by atoms with E-state index in [2.05, 4.69) is 22.4 Å². The number of nitrogens with zero attached hydrogens (tertiary/aromatic N) is 2. The number of rotatable bonds is 5. The van der Waals surface area contributed by atoms with E-state index >= 15 is 0 Å². The molecule has 2 heterocycles. The molecule has 0 amide bonds. The summed E-state index contributed by atoms with van der Waals surface area (Å²) in [5.74, 6) is -0.361. The van der Waals surface area contributed by atoms with E-state index in [-0.39, 0.29) is 5.76 Å². The fourth-order valence-electron chi connectivity index (χ4n) is 2.12. The standard InChI is InChI=1S/C15H15N3O2/c19-15-18(14-13(20-15)7-4-8-17-14)10-9-16-11-12-5-2-1-3-6-12/h1-8,16H,9-11H2. The van der Waals surface area contributed by atoms with Gasteiger partial charge in [-0.1, -0.05) is 30.3 Å². The highest BCUT2D eigenvalue weighted by atomic mass is 16.4. The van der Waals surface area contributed by atoms with Crippen LogP contribution in [0, 0.1) is 0 Å². The quantitative estimate of drug-likeness (QED) is 0.717. The van der Waals surface area contributed by atoms with E-state index in [9.17, 15) is 4.79 Å². The summed E-state index contributed by atoms with van der Waals surface area (Å²) >= 11 is 0. The maximum atomic E-state index is 11.7. The number of hydrogen-bond donors (Lipinski definition) is 1. The molecule has 1 aromatic carbocycles. The molecule has 5 nitrogen and oxygen atoms in total. The summed E-state index contributed by atoms with van der Waals surface area (Å²) < 4.78 is 6.68. The summed E-state index contributed by atoms with van der Waals surface area (Å²) in [5.41, 5.74) is 2.34. The van der Waals surface area contributed by atoms with Gasteiger partial charge in [-0.3, -0.25) is 4.57 Å². The summed E-state index contributed by atoms with van der Waals surface area (Å²) in [7, 11) is 0. The molecule has 0 aliphatic heterocycles. The summed E-state index contributed by atoms with van der Waals surface area (Å²) in [5, 5.41) is 3.30. The van der Waals surface area contributed by atoms with Crippen molar-refractivity contribution in [2.45, 2.75) is 13.1 Å². The SMILES string of the molecule is O=c1oc2cccnc2n1CCNCc1ccccc1. The highest BCUT2D eigenvalue weighted by molar-refractivity contribution is 5.67. The minimum absolute atomic E-state index is 0.361. The molecule has 0 saturated carbocycles. The Morgan fingerprint density at radius 3 is 2.85 bits per heavy atom. The summed E-state index contributed by atoms with van der Waals surface area (Å²) in [4.78, 5) is 15.9. The number of benzene rings is 1. The predicted octanol–water partition coefficient (Wildman–Crippen LogP) is 1.78. The maximum absolute atomic E-state index is 11.7. The Morgan fingerprint density at radius 1 is 1.15 bits per heavy atom. The van der Waals surface area contributed by atoms with E-state index in [1.54, 1.807) is 22.9 Å². The lowest BCUT2D eigenvalue weighted by atomic mass is 10.2. The third-order valence-corrected chi connectivity index (χ3v) is 3.11. The minimum atomic E-state index is -0.361. The van der Waals surface area contributed by atoms with Gasteiger partial charge in [-0.25, -0.2) is 9.78 Å². The van der Waals surface area contributed by atoms with Gasteiger partial charge in [0.05, 0.1) is 0 Å². The van der Waals surface area contributed by atoms with Crippen molar-refractivity contribution >= 4 is 11.2 Å². The lowest BCUT2D eigenvalue weighted by molar-refractivity contribution is 0.493. The normalized spacial score (nSPS) is 11.0. The highest BCUT2D eigenvalue weighted by Gasteiger charge is 2.08. The van der Waals surface area contributed by atoms with Crippen LogP contribution in [0.1, 0.15) is 5.56 Å². The molecule has 0 aliphatic rings. The van der Waals surface area contributed by atoms with Crippen LogP contribution in [0.2, 0.25) is 0 Å². The number of nitrogens with one attached hydrogen (secondary N) is 1. The van der Waals surface area contributed by atoms with Gasteiger partial charge in [0.15, 0.2) is 11.2 Å². The van der Waals surface area contributed by atoms with Gasteiger partial charge in [-0.15, -0.1) is 0 Å². The molecule has 0 aliphatic carbocycles. The predicted molar refractivity (Wildman–Crippen MR) is 76.4 cm³/mol. The second kappa shape index (κ2) is 5.71. The van der Waals surface area contributed by atoms with Crippen LogP contribution in [0.3, 0.4) is 0 Å². The monoisotopic (exact) mass is 269 g/mol. The van der Waals surface area contributed by atoms with Crippen molar-refractivity contribution in [3.63, 3.8) is 0 Å². The van der Waals surface area contributed by atoms with E-state index in [1.807, 2.05) is 18.2 Å². The molecular weight excluding hydrogens is 254 g/mol. The van der Waals surface area contributed by atoms with Gasteiger partial charge >= 0.3 is 5.76 Å². The Balaban J connectivity index is 1.63. The number of hydrogen-bond acceptors (Lipinski definition) is 4. The van der Waals surface area contributed by atoms with E-state index in [1.165, 1.54) is 5.56 Å². The maximum Gasteiger partial charge on any atom is 0.421 e. The van der Waals surface area contributed by atoms with Crippen LogP contribution in [0.5, 0.6) is 0 Å². The van der Waals surface area contributed by atoms with Crippen LogP contribution in [-0.4, -0.2) is 16.1 Å². The van der Waals surface area contributed by atoms with Gasteiger partial charge in [0.25, 0.3) is 0 Å². The van der Waals surface area contributed by atoms with Crippen molar-refractivity contribution in [3.05, 3.63) is 64.8 Å².